The van der Waals surface area contributed by atoms with E-state index < -0.39 is 0 Å². The van der Waals surface area contributed by atoms with Gasteiger partial charge in [-0.25, -0.2) is 4.98 Å². The Morgan fingerprint density at radius 3 is 2.90 bits per heavy atom. The van der Waals surface area contributed by atoms with E-state index in [0.29, 0.717) is 0 Å². The topological polar surface area (TPSA) is 28.2 Å². The second-order valence-electron chi connectivity index (χ2n) is 6.85. The summed E-state index contributed by atoms with van der Waals surface area (Å²) >= 11 is 1.96. The van der Waals surface area contributed by atoms with Crippen LogP contribution >= 0.6 is 11.3 Å². The van der Waals surface area contributed by atoms with Crippen molar-refractivity contribution in [1.82, 2.24) is 15.2 Å². The van der Waals surface area contributed by atoms with Crippen molar-refractivity contribution < 1.29 is 0 Å². The Bertz CT molecular complexity index is 453. The molecule has 1 unspecified atom stereocenters. The molecule has 2 fully saturated rings. The van der Waals surface area contributed by atoms with E-state index in [2.05, 4.69) is 24.1 Å². The monoisotopic (exact) mass is 307 g/mol. The molecule has 0 amide bonds. The molecule has 21 heavy (non-hydrogen) atoms. The van der Waals surface area contributed by atoms with Crippen LogP contribution in [0.1, 0.15) is 67.4 Å². The van der Waals surface area contributed by atoms with Gasteiger partial charge >= 0.3 is 0 Å². The van der Waals surface area contributed by atoms with Crippen molar-refractivity contribution in [2.24, 2.45) is 5.92 Å². The molecule has 4 heteroatoms. The normalized spacial score (nSPS) is 23.6. The Balaban J connectivity index is 1.63. The van der Waals surface area contributed by atoms with Gasteiger partial charge in [0.15, 0.2) is 0 Å². The average Bonchev–Trinajstić information content (AvgIpc) is 3.22. The molecule has 1 aromatic rings. The maximum Gasteiger partial charge on any atom is 0.107 e. The van der Waals surface area contributed by atoms with E-state index in [1.54, 1.807) is 0 Å². The summed E-state index contributed by atoms with van der Waals surface area (Å²) in [6.07, 6.45) is 6.66. The van der Waals surface area contributed by atoms with Gasteiger partial charge in [-0.3, -0.25) is 4.90 Å². The fourth-order valence-electron chi connectivity index (χ4n) is 3.28. The van der Waals surface area contributed by atoms with Crippen molar-refractivity contribution in [2.75, 3.05) is 19.6 Å². The minimum absolute atomic E-state index is 0.772. The second kappa shape index (κ2) is 7.21. The fourth-order valence-corrected chi connectivity index (χ4v) is 4.45. The molecular weight excluding hydrogens is 278 g/mol. The largest absolute Gasteiger partial charge is 0.312 e. The third-order valence-electron chi connectivity index (χ3n) is 4.55. The Kier molecular flexibility index (Phi) is 5.30. The van der Waals surface area contributed by atoms with Crippen LogP contribution in [0.5, 0.6) is 0 Å². The predicted octanol–water partition coefficient (Wildman–Crippen LogP) is 3.75. The third-order valence-corrected chi connectivity index (χ3v) is 5.60. The highest BCUT2D eigenvalue weighted by Gasteiger charge is 2.30. The van der Waals surface area contributed by atoms with Gasteiger partial charge in [0, 0.05) is 23.9 Å². The first-order valence-corrected chi connectivity index (χ1v) is 9.49. The highest BCUT2D eigenvalue weighted by atomic mass is 32.1. The lowest BCUT2D eigenvalue weighted by Crippen LogP contribution is -2.33. The number of nitrogens with one attached hydrogen (secondary N) is 1. The van der Waals surface area contributed by atoms with Gasteiger partial charge in [0.1, 0.15) is 5.01 Å². The number of aromatic nitrogens is 1. The molecule has 0 bridgehead atoms. The molecule has 1 aliphatic carbocycles. The van der Waals surface area contributed by atoms with E-state index in [1.165, 1.54) is 60.8 Å². The summed E-state index contributed by atoms with van der Waals surface area (Å²) in [4.78, 5) is 9.12. The molecular formula is C17H29N3S. The van der Waals surface area contributed by atoms with Gasteiger partial charge in [0.2, 0.25) is 0 Å². The summed E-state index contributed by atoms with van der Waals surface area (Å²) in [6, 6.07) is 0. The summed E-state index contributed by atoms with van der Waals surface area (Å²) in [6.45, 7) is 10.3. The quantitative estimate of drug-likeness (QED) is 0.778. The standard InChI is InChI=1S/C17H29N3S/c1-3-8-18-10-15-17(14-6-7-14)19-16(21-15)12-20-9-4-5-13(2)11-20/h13-14,18H,3-12H2,1-2H3. The minimum Gasteiger partial charge on any atom is -0.312 e. The van der Waals surface area contributed by atoms with Crippen LogP contribution in [0.15, 0.2) is 0 Å². The SMILES string of the molecule is CCCNCc1sc(CN2CCCC(C)C2)nc1C1CC1. The van der Waals surface area contributed by atoms with E-state index in [1.807, 2.05) is 11.3 Å². The van der Waals surface area contributed by atoms with Gasteiger partial charge in [0.05, 0.1) is 12.2 Å². The van der Waals surface area contributed by atoms with E-state index in [0.717, 1.165) is 31.5 Å². The lowest BCUT2D eigenvalue weighted by atomic mass is 10.0. The van der Waals surface area contributed by atoms with Crippen molar-refractivity contribution in [3.63, 3.8) is 0 Å². The fraction of sp³-hybridized carbons (Fsp3) is 0.824. The highest BCUT2D eigenvalue weighted by molar-refractivity contribution is 7.11. The van der Waals surface area contributed by atoms with Crippen molar-refractivity contribution >= 4 is 11.3 Å². The number of likely N-dealkylation sites (tertiary alicyclic amines) is 1. The number of nitrogens with zero attached hydrogens (tertiary/aromatic N) is 2. The molecule has 1 aliphatic heterocycles. The molecule has 1 saturated carbocycles. The van der Waals surface area contributed by atoms with Crippen LogP contribution in [0.25, 0.3) is 0 Å². The number of hydrogen-bond acceptors (Lipinski definition) is 4. The summed E-state index contributed by atoms with van der Waals surface area (Å²) < 4.78 is 0. The predicted molar refractivity (Wildman–Crippen MR) is 89.8 cm³/mol. The maximum absolute atomic E-state index is 5.01. The molecule has 118 valence electrons. The van der Waals surface area contributed by atoms with Gasteiger partial charge in [-0.1, -0.05) is 13.8 Å². The molecule has 0 spiro atoms. The van der Waals surface area contributed by atoms with E-state index in [4.69, 9.17) is 4.98 Å². The van der Waals surface area contributed by atoms with Gasteiger partial charge < -0.3 is 5.32 Å². The van der Waals surface area contributed by atoms with Gasteiger partial charge in [-0.15, -0.1) is 11.3 Å². The number of piperidine rings is 1. The van der Waals surface area contributed by atoms with Crippen molar-refractivity contribution in [2.45, 2.75) is 65.0 Å². The molecule has 3 nitrogen and oxygen atoms in total. The smallest absolute Gasteiger partial charge is 0.107 e. The molecule has 2 heterocycles. The zero-order chi connectivity index (χ0) is 14.7. The van der Waals surface area contributed by atoms with Crippen LogP contribution in [0.2, 0.25) is 0 Å². The first-order chi connectivity index (χ1) is 10.3. The molecule has 3 rings (SSSR count). The first-order valence-electron chi connectivity index (χ1n) is 8.67. The Morgan fingerprint density at radius 2 is 2.19 bits per heavy atom. The Hall–Kier alpha value is -0.450. The molecule has 1 saturated heterocycles. The summed E-state index contributed by atoms with van der Waals surface area (Å²) in [5.74, 6) is 1.63. The zero-order valence-corrected chi connectivity index (χ0v) is 14.3. The molecule has 1 aromatic heterocycles. The van der Waals surface area contributed by atoms with Crippen LogP contribution < -0.4 is 5.32 Å². The van der Waals surface area contributed by atoms with E-state index >= 15 is 0 Å². The van der Waals surface area contributed by atoms with Crippen LogP contribution in [-0.4, -0.2) is 29.5 Å². The Labute approximate surface area is 133 Å². The van der Waals surface area contributed by atoms with Crippen LogP contribution in [0.4, 0.5) is 0 Å². The van der Waals surface area contributed by atoms with Crippen LogP contribution in [-0.2, 0) is 13.1 Å². The Morgan fingerprint density at radius 1 is 1.33 bits per heavy atom. The molecule has 0 radical (unpaired) electrons. The van der Waals surface area contributed by atoms with E-state index in [-0.39, 0.29) is 0 Å². The summed E-state index contributed by atoms with van der Waals surface area (Å²) in [7, 11) is 0. The minimum atomic E-state index is 0.772. The third kappa shape index (κ3) is 4.27. The number of hydrogen-bond donors (Lipinski definition) is 1. The zero-order valence-electron chi connectivity index (χ0n) is 13.5. The average molecular weight is 308 g/mol. The lowest BCUT2D eigenvalue weighted by Gasteiger charge is -2.29. The highest BCUT2D eigenvalue weighted by Crippen LogP contribution is 2.42. The molecule has 2 aliphatic rings. The number of rotatable bonds is 7. The second-order valence-corrected chi connectivity index (χ2v) is 8.02. The summed E-state index contributed by atoms with van der Waals surface area (Å²) in [5.41, 5.74) is 1.42. The van der Waals surface area contributed by atoms with Crippen molar-refractivity contribution in [1.29, 1.82) is 0 Å². The lowest BCUT2D eigenvalue weighted by molar-refractivity contribution is 0.176. The first kappa shape index (κ1) is 15.4. The van der Waals surface area contributed by atoms with Gasteiger partial charge in [0.25, 0.3) is 0 Å². The molecule has 0 aromatic carbocycles. The summed E-state index contributed by atoms with van der Waals surface area (Å²) in [5, 5.41) is 4.90. The van der Waals surface area contributed by atoms with Crippen molar-refractivity contribution in [3.05, 3.63) is 15.6 Å². The molecule has 1 atom stereocenters. The number of thiazole rings is 1. The van der Waals surface area contributed by atoms with Crippen LogP contribution in [0, 0.1) is 5.92 Å². The maximum atomic E-state index is 5.01. The van der Waals surface area contributed by atoms with Gasteiger partial charge in [-0.05, 0) is 51.1 Å². The van der Waals surface area contributed by atoms with Crippen molar-refractivity contribution in [3.8, 4) is 0 Å². The van der Waals surface area contributed by atoms with Gasteiger partial charge in [-0.2, -0.15) is 0 Å². The van der Waals surface area contributed by atoms with E-state index in [9.17, 15) is 0 Å². The van der Waals surface area contributed by atoms with Crippen LogP contribution in [0.3, 0.4) is 0 Å². The molecule has 1 N–H and O–H groups in total.